The van der Waals surface area contributed by atoms with Crippen LogP contribution in [-0.4, -0.2) is 16.7 Å². The van der Waals surface area contributed by atoms with Crippen LogP contribution in [0.4, 0.5) is 4.39 Å². The van der Waals surface area contributed by atoms with Crippen LogP contribution >= 0.6 is 39.7 Å². The quantitative estimate of drug-likeness (QED) is 0.609. The number of methoxy groups -OCH3 is 1. The molecule has 1 N–H and O–H groups in total. The molecule has 3 rings (SSSR count). The van der Waals surface area contributed by atoms with Crippen LogP contribution < -0.4 is 4.74 Å². The third-order valence-corrected chi connectivity index (χ3v) is 4.35. The third kappa shape index (κ3) is 2.47. The average Bonchev–Trinajstić information content (AvgIpc) is 2.75. The van der Waals surface area contributed by atoms with Gasteiger partial charge < -0.3 is 9.72 Å². The molecule has 0 bridgehead atoms. The monoisotopic (exact) mass is 386 g/mol. The third-order valence-electron chi connectivity index (χ3n) is 3.12. The molecule has 0 unspecified atom stereocenters. The maximum Gasteiger partial charge on any atom is 0.182 e. The highest BCUT2D eigenvalue weighted by atomic mass is 79.9. The molecule has 1 aromatic heterocycles. The van der Waals surface area contributed by atoms with E-state index in [1.54, 1.807) is 11.7 Å². The molecular formula is C14H9BrClFN2OS. The average molecular weight is 388 g/mol. The Morgan fingerprint density at radius 3 is 2.81 bits per heavy atom. The van der Waals surface area contributed by atoms with Crippen LogP contribution in [0.2, 0.25) is 5.02 Å². The van der Waals surface area contributed by atoms with Gasteiger partial charge in [-0.25, -0.2) is 4.39 Å². The van der Waals surface area contributed by atoms with Crippen molar-refractivity contribution >= 4 is 50.8 Å². The standard InChI is InChI=1S/C14H9BrClFN2OS/c1-20-13-4-7(2-3-8(13)15)19-12-6-10(17)9(16)5-11(12)18-14(19)21/h2-6H,1H3,(H,18,21). The van der Waals surface area contributed by atoms with E-state index in [1.165, 1.54) is 12.1 Å². The van der Waals surface area contributed by atoms with Crippen LogP contribution in [0.5, 0.6) is 5.75 Å². The van der Waals surface area contributed by atoms with E-state index < -0.39 is 5.82 Å². The summed E-state index contributed by atoms with van der Waals surface area (Å²) in [5.74, 6) is 0.175. The number of halogens is 3. The summed E-state index contributed by atoms with van der Waals surface area (Å²) in [6.45, 7) is 0. The van der Waals surface area contributed by atoms with Crippen molar-refractivity contribution in [2.75, 3.05) is 7.11 Å². The smallest absolute Gasteiger partial charge is 0.182 e. The number of benzene rings is 2. The fourth-order valence-electron chi connectivity index (χ4n) is 2.15. The second kappa shape index (κ2) is 5.44. The number of hydrogen-bond acceptors (Lipinski definition) is 2. The number of nitrogens with one attached hydrogen (secondary N) is 1. The Hall–Kier alpha value is -1.37. The molecule has 2 aromatic carbocycles. The fraction of sp³-hybridized carbons (Fsp3) is 0.0714. The molecule has 0 saturated heterocycles. The van der Waals surface area contributed by atoms with Crippen LogP contribution in [0, 0.1) is 10.6 Å². The van der Waals surface area contributed by atoms with Gasteiger partial charge in [-0.3, -0.25) is 4.57 Å². The lowest BCUT2D eigenvalue weighted by Gasteiger charge is -2.09. The first-order valence-corrected chi connectivity index (χ1v) is 7.53. The number of rotatable bonds is 2. The van der Waals surface area contributed by atoms with Gasteiger partial charge in [0.1, 0.15) is 11.6 Å². The first-order chi connectivity index (χ1) is 10.0. The Kier molecular flexibility index (Phi) is 3.77. The molecule has 0 fully saturated rings. The van der Waals surface area contributed by atoms with Gasteiger partial charge in [-0.1, -0.05) is 11.6 Å². The molecule has 3 aromatic rings. The zero-order chi connectivity index (χ0) is 15.1. The lowest BCUT2D eigenvalue weighted by molar-refractivity contribution is 0.412. The van der Waals surface area contributed by atoms with Gasteiger partial charge in [0.25, 0.3) is 0 Å². The highest BCUT2D eigenvalue weighted by Crippen LogP contribution is 2.30. The molecule has 0 aliphatic heterocycles. The van der Waals surface area contributed by atoms with Crippen LogP contribution in [0.25, 0.3) is 16.7 Å². The largest absolute Gasteiger partial charge is 0.495 e. The van der Waals surface area contributed by atoms with E-state index in [2.05, 4.69) is 20.9 Å². The molecule has 3 nitrogen and oxygen atoms in total. The predicted octanol–water partition coefficient (Wildman–Crippen LogP) is 5.25. The van der Waals surface area contributed by atoms with Gasteiger partial charge in [0.05, 0.1) is 33.3 Å². The normalized spacial score (nSPS) is 11.0. The van der Waals surface area contributed by atoms with Crippen molar-refractivity contribution in [3.8, 4) is 11.4 Å². The van der Waals surface area contributed by atoms with Crippen molar-refractivity contribution in [2.24, 2.45) is 0 Å². The number of ether oxygens (including phenoxy) is 1. The lowest BCUT2D eigenvalue weighted by Crippen LogP contribution is -1.96. The van der Waals surface area contributed by atoms with E-state index in [0.717, 1.165) is 10.2 Å². The Morgan fingerprint density at radius 2 is 2.10 bits per heavy atom. The number of nitrogens with zero attached hydrogens (tertiary/aromatic N) is 1. The number of hydrogen-bond donors (Lipinski definition) is 1. The first-order valence-electron chi connectivity index (χ1n) is 5.95. The molecular weight excluding hydrogens is 379 g/mol. The Bertz CT molecular complexity index is 906. The Labute approximate surface area is 138 Å². The molecule has 7 heteroatoms. The van der Waals surface area contributed by atoms with E-state index >= 15 is 0 Å². The van der Waals surface area contributed by atoms with E-state index in [9.17, 15) is 4.39 Å². The zero-order valence-electron chi connectivity index (χ0n) is 10.8. The van der Waals surface area contributed by atoms with Crippen LogP contribution in [-0.2, 0) is 0 Å². The summed E-state index contributed by atoms with van der Waals surface area (Å²) < 4.78 is 22.0. The SMILES string of the molecule is COc1cc(-n2c(=S)[nH]c3cc(Cl)c(F)cc32)ccc1Br. The maximum absolute atomic E-state index is 13.7. The van der Waals surface area contributed by atoms with E-state index in [-0.39, 0.29) is 5.02 Å². The van der Waals surface area contributed by atoms with Gasteiger partial charge in [-0.15, -0.1) is 0 Å². The molecule has 108 valence electrons. The van der Waals surface area contributed by atoms with Gasteiger partial charge >= 0.3 is 0 Å². The zero-order valence-corrected chi connectivity index (χ0v) is 13.9. The van der Waals surface area contributed by atoms with Gasteiger partial charge in [-0.05, 0) is 46.3 Å². The minimum atomic E-state index is -0.490. The molecule has 0 amide bonds. The number of imidazole rings is 1. The van der Waals surface area contributed by atoms with E-state index in [4.69, 9.17) is 28.6 Å². The minimum absolute atomic E-state index is 0.0549. The summed E-state index contributed by atoms with van der Waals surface area (Å²) in [7, 11) is 1.58. The second-order valence-electron chi connectivity index (χ2n) is 4.37. The molecule has 0 atom stereocenters. The first kappa shape index (κ1) is 14.6. The van der Waals surface area contributed by atoms with Crippen molar-refractivity contribution in [1.82, 2.24) is 9.55 Å². The minimum Gasteiger partial charge on any atom is -0.495 e. The summed E-state index contributed by atoms with van der Waals surface area (Å²) in [6, 6.07) is 8.41. The maximum atomic E-state index is 13.7. The number of H-pyrrole nitrogens is 1. The topological polar surface area (TPSA) is 29.9 Å². The second-order valence-corrected chi connectivity index (χ2v) is 6.02. The van der Waals surface area contributed by atoms with Crippen molar-refractivity contribution < 1.29 is 9.13 Å². The summed E-state index contributed by atoms with van der Waals surface area (Å²) in [5.41, 5.74) is 2.06. The fourth-order valence-corrected chi connectivity index (χ4v) is 3.03. The van der Waals surface area contributed by atoms with Gasteiger partial charge in [0.2, 0.25) is 0 Å². The molecule has 0 aliphatic rings. The van der Waals surface area contributed by atoms with Crippen molar-refractivity contribution in [3.63, 3.8) is 0 Å². The summed E-state index contributed by atoms with van der Waals surface area (Å²) in [5, 5.41) is 0.0549. The highest BCUT2D eigenvalue weighted by molar-refractivity contribution is 9.10. The number of fused-ring (bicyclic) bond motifs is 1. The summed E-state index contributed by atoms with van der Waals surface area (Å²) in [6.07, 6.45) is 0. The predicted molar refractivity (Wildman–Crippen MR) is 87.7 cm³/mol. The molecule has 0 spiro atoms. The number of aromatic nitrogens is 2. The van der Waals surface area contributed by atoms with Crippen LogP contribution in [0.3, 0.4) is 0 Å². The van der Waals surface area contributed by atoms with Crippen molar-refractivity contribution in [3.05, 3.63) is 50.4 Å². The van der Waals surface area contributed by atoms with E-state index in [0.29, 0.717) is 21.6 Å². The summed E-state index contributed by atoms with van der Waals surface area (Å²) in [4.78, 5) is 3.02. The van der Waals surface area contributed by atoms with Crippen molar-refractivity contribution in [2.45, 2.75) is 0 Å². The van der Waals surface area contributed by atoms with Crippen molar-refractivity contribution in [1.29, 1.82) is 0 Å². The lowest BCUT2D eigenvalue weighted by atomic mass is 10.2. The molecule has 1 heterocycles. The molecule has 0 saturated carbocycles. The summed E-state index contributed by atoms with van der Waals surface area (Å²) >= 11 is 14.5. The van der Waals surface area contributed by atoms with Crippen LogP contribution in [0.15, 0.2) is 34.8 Å². The molecule has 21 heavy (non-hydrogen) atoms. The number of aromatic amines is 1. The van der Waals surface area contributed by atoms with E-state index in [1.807, 2.05) is 18.2 Å². The van der Waals surface area contributed by atoms with Gasteiger partial charge in [0.15, 0.2) is 4.77 Å². The highest BCUT2D eigenvalue weighted by Gasteiger charge is 2.12. The van der Waals surface area contributed by atoms with Gasteiger partial charge in [0, 0.05) is 12.1 Å². The van der Waals surface area contributed by atoms with Crippen LogP contribution in [0.1, 0.15) is 0 Å². The Balaban J connectivity index is 2.32. The molecule has 0 radical (unpaired) electrons. The van der Waals surface area contributed by atoms with Gasteiger partial charge in [-0.2, -0.15) is 0 Å². The molecule has 0 aliphatic carbocycles. The Morgan fingerprint density at radius 1 is 1.33 bits per heavy atom.